The van der Waals surface area contributed by atoms with E-state index in [0.29, 0.717) is 31.6 Å². The predicted octanol–water partition coefficient (Wildman–Crippen LogP) is 4.61. The Labute approximate surface area is 201 Å². The van der Waals surface area contributed by atoms with Gasteiger partial charge < -0.3 is 9.47 Å². The van der Waals surface area contributed by atoms with Crippen LogP contribution in [0.25, 0.3) is 22.1 Å². The second-order valence-corrected chi connectivity index (χ2v) is 8.80. The summed E-state index contributed by atoms with van der Waals surface area (Å²) in [6, 6.07) is 17.0. The first-order chi connectivity index (χ1) is 16.4. The number of non-ortho nitro benzene ring substituents is 1. The minimum absolute atomic E-state index is 0.00556. The normalized spacial score (nSPS) is 11.9. The molecule has 2 aromatic heterocycles. The Balaban J connectivity index is 1.46. The van der Waals surface area contributed by atoms with Gasteiger partial charge in [0.05, 0.1) is 32.6 Å². The zero-order chi connectivity index (χ0) is 23.8. The maximum absolute atomic E-state index is 13.0. The van der Waals surface area contributed by atoms with Gasteiger partial charge in [-0.15, -0.1) is 0 Å². The van der Waals surface area contributed by atoms with Crippen molar-refractivity contribution in [3.05, 3.63) is 102 Å². The van der Waals surface area contributed by atoms with Crippen LogP contribution in [0.1, 0.15) is 11.1 Å². The molecule has 0 saturated carbocycles. The van der Waals surface area contributed by atoms with E-state index in [2.05, 4.69) is 4.98 Å². The van der Waals surface area contributed by atoms with Crippen LogP contribution in [0.15, 0.2) is 65.5 Å². The summed E-state index contributed by atoms with van der Waals surface area (Å²) in [5.41, 5.74) is 2.81. The third kappa shape index (κ3) is 3.95. The summed E-state index contributed by atoms with van der Waals surface area (Å²) in [5.74, 6) is 0.744. The van der Waals surface area contributed by atoms with Gasteiger partial charge in [-0.3, -0.25) is 14.9 Å². The molecule has 0 aliphatic heterocycles. The third-order valence-corrected chi connectivity index (χ3v) is 6.47. The van der Waals surface area contributed by atoms with E-state index in [1.54, 1.807) is 34.7 Å². The highest BCUT2D eigenvalue weighted by molar-refractivity contribution is 7.15. The lowest BCUT2D eigenvalue weighted by atomic mass is 10.2. The molecule has 0 N–H and O–H groups in total. The van der Waals surface area contributed by atoms with Crippen molar-refractivity contribution in [2.45, 2.75) is 6.61 Å². The molecule has 0 fully saturated rings. The van der Waals surface area contributed by atoms with Crippen molar-refractivity contribution < 1.29 is 14.4 Å². The molecular formula is C24H16ClN3O5S. The lowest BCUT2D eigenvalue weighted by Crippen LogP contribution is -2.22. The van der Waals surface area contributed by atoms with E-state index in [1.165, 1.54) is 30.6 Å². The largest absolute Gasteiger partial charge is 0.493 e. The molecule has 0 amide bonds. The smallest absolute Gasteiger partial charge is 0.274 e. The van der Waals surface area contributed by atoms with E-state index in [1.807, 2.05) is 24.3 Å². The molecule has 8 nitrogen and oxygen atoms in total. The minimum Gasteiger partial charge on any atom is -0.493 e. The number of para-hydroxylation sites is 2. The maximum atomic E-state index is 13.0. The van der Waals surface area contributed by atoms with Gasteiger partial charge >= 0.3 is 0 Å². The van der Waals surface area contributed by atoms with Crippen LogP contribution in [-0.4, -0.2) is 21.4 Å². The van der Waals surface area contributed by atoms with Crippen LogP contribution in [0.4, 0.5) is 5.69 Å². The molecule has 0 radical (unpaired) electrons. The number of imidazole rings is 1. The highest BCUT2D eigenvalue weighted by atomic mass is 35.5. The molecule has 5 rings (SSSR count). The summed E-state index contributed by atoms with van der Waals surface area (Å²) in [4.78, 5) is 28.5. The van der Waals surface area contributed by atoms with Gasteiger partial charge in [-0.05, 0) is 53.6 Å². The van der Waals surface area contributed by atoms with Crippen LogP contribution in [-0.2, 0) is 6.61 Å². The Morgan fingerprint density at radius 3 is 2.68 bits per heavy atom. The molecular weight excluding hydrogens is 478 g/mol. The Morgan fingerprint density at radius 1 is 1.18 bits per heavy atom. The summed E-state index contributed by atoms with van der Waals surface area (Å²) < 4.78 is 13.4. The molecule has 0 aliphatic carbocycles. The quantitative estimate of drug-likeness (QED) is 0.253. The average molecular weight is 494 g/mol. The molecule has 5 aromatic rings. The van der Waals surface area contributed by atoms with Crippen LogP contribution in [0.5, 0.6) is 11.5 Å². The molecule has 3 aromatic carbocycles. The van der Waals surface area contributed by atoms with E-state index in [-0.39, 0.29) is 17.9 Å². The fourth-order valence-corrected chi connectivity index (χ4v) is 4.86. The van der Waals surface area contributed by atoms with Gasteiger partial charge in [-0.1, -0.05) is 35.1 Å². The van der Waals surface area contributed by atoms with Gasteiger partial charge in [-0.2, -0.15) is 0 Å². The van der Waals surface area contributed by atoms with Crippen molar-refractivity contribution in [1.82, 2.24) is 9.38 Å². The standard InChI is InChI=1S/C24H16ClN3O5S/c1-32-20-11-15(10-17(25)22(20)33-13-14-6-8-16(9-7-14)28(30)31)12-21-23(29)27-19-5-3-2-4-18(19)26-24(27)34-21/h2-12H,13H2,1H3/b21-12-. The number of nitro groups is 1. The number of hydrogen-bond donors (Lipinski definition) is 0. The third-order valence-electron chi connectivity index (χ3n) is 5.23. The zero-order valence-electron chi connectivity index (χ0n) is 17.7. The van der Waals surface area contributed by atoms with E-state index in [0.717, 1.165) is 16.6 Å². The van der Waals surface area contributed by atoms with E-state index < -0.39 is 4.92 Å². The lowest BCUT2D eigenvalue weighted by molar-refractivity contribution is -0.384. The summed E-state index contributed by atoms with van der Waals surface area (Å²) in [6.07, 6.45) is 1.74. The fourth-order valence-electron chi connectivity index (χ4n) is 3.60. The number of rotatable bonds is 6. The SMILES string of the molecule is COc1cc(/C=c2\sc3nc4ccccc4n3c2=O)cc(Cl)c1OCc1ccc([N+](=O)[O-])cc1. The van der Waals surface area contributed by atoms with Gasteiger partial charge in [0.1, 0.15) is 6.61 Å². The molecule has 0 bridgehead atoms. The molecule has 0 saturated heterocycles. The van der Waals surface area contributed by atoms with Crippen LogP contribution >= 0.6 is 22.9 Å². The molecule has 0 spiro atoms. The molecule has 0 aliphatic rings. The molecule has 0 atom stereocenters. The molecule has 10 heteroatoms. The molecule has 2 heterocycles. The summed E-state index contributed by atoms with van der Waals surface area (Å²) in [7, 11) is 1.50. The number of nitrogens with zero attached hydrogens (tertiary/aromatic N) is 3. The number of hydrogen-bond acceptors (Lipinski definition) is 7. The number of benzene rings is 3. The second-order valence-electron chi connectivity index (χ2n) is 7.38. The first-order valence-electron chi connectivity index (χ1n) is 10.1. The Bertz CT molecular complexity index is 1660. The first kappa shape index (κ1) is 21.9. The monoisotopic (exact) mass is 493 g/mol. The number of nitro benzene ring substituents is 1. The Kier molecular flexibility index (Phi) is 5.64. The van der Waals surface area contributed by atoms with Gasteiger partial charge in [0.15, 0.2) is 16.5 Å². The summed E-state index contributed by atoms with van der Waals surface area (Å²) in [6.45, 7) is 0.150. The highest BCUT2D eigenvalue weighted by Gasteiger charge is 2.14. The first-order valence-corrected chi connectivity index (χ1v) is 11.3. The van der Waals surface area contributed by atoms with Crippen molar-refractivity contribution in [2.75, 3.05) is 7.11 Å². The molecule has 170 valence electrons. The molecule has 34 heavy (non-hydrogen) atoms. The number of thiazole rings is 1. The van der Waals surface area contributed by atoms with Gasteiger partial charge in [0, 0.05) is 12.1 Å². The van der Waals surface area contributed by atoms with Gasteiger partial charge in [-0.25, -0.2) is 9.38 Å². The average Bonchev–Trinajstić information content (AvgIpc) is 3.34. The maximum Gasteiger partial charge on any atom is 0.274 e. The topological polar surface area (TPSA) is 96.0 Å². The van der Waals surface area contributed by atoms with Gasteiger partial charge in [0.2, 0.25) is 0 Å². The Hall–Kier alpha value is -3.95. The van der Waals surface area contributed by atoms with Crippen LogP contribution < -0.4 is 19.6 Å². The predicted molar refractivity (Wildman–Crippen MR) is 131 cm³/mol. The summed E-state index contributed by atoms with van der Waals surface area (Å²) in [5, 5.41) is 11.1. The van der Waals surface area contributed by atoms with E-state index >= 15 is 0 Å². The second kappa shape index (κ2) is 8.77. The molecule has 0 unspecified atom stereocenters. The Morgan fingerprint density at radius 2 is 1.94 bits per heavy atom. The van der Waals surface area contributed by atoms with Crippen LogP contribution in [0, 0.1) is 10.1 Å². The van der Waals surface area contributed by atoms with Crippen molar-refractivity contribution in [3.63, 3.8) is 0 Å². The van der Waals surface area contributed by atoms with E-state index in [4.69, 9.17) is 21.1 Å². The van der Waals surface area contributed by atoms with Crippen molar-refractivity contribution in [1.29, 1.82) is 0 Å². The van der Waals surface area contributed by atoms with Gasteiger partial charge in [0.25, 0.3) is 11.2 Å². The lowest BCUT2D eigenvalue weighted by Gasteiger charge is -2.13. The van der Waals surface area contributed by atoms with Crippen molar-refractivity contribution >= 4 is 50.7 Å². The van der Waals surface area contributed by atoms with Crippen LogP contribution in [0.2, 0.25) is 5.02 Å². The zero-order valence-corrected chi connectivity index (χ0v) is 19.3. The fraction of sp³-hybridized carbons (Fsp3) is 0.0833. The number of fused-ring (bicyclic) bond motifs is 3. The highest BCUT2D eigenvalue weighted by Crippen LogP contribution is 2.37. The summed E-state index contributed by atoms with van der Waals surface area (Å²) >= 11 is 7.78. The number of methoxy groups -OCH3 is 1. The number of aromatic nitrogens is 2. The minimum atomic E-state index is -0.458. The number of ether oxygens (including phenoxy) is 2. The van der Waals surface area contributed by atoms with E-state index in [9.17, 15) is 14.9 Å². The van der Waals surface area contributed by atoms with Crippen molar-refractivity contribution in [3.8, 4) is 11.5 Å². The van der Waals surface area contributed by atoms with Crippen molar-refractivity contribution in [2.24, 2.45) is 0 Å². The van der Waals surface area contributed by atoms with Crippen LogP contribution in [0.3, 0.4) is 0 Å². The number of halogens is 1.